The predicted molar refractivity (Wildman–Crippen MR) is 92.0 cm³/mol. The SMILES string of the molecule is O=C1CCCN1C1CCc2cc(S(=O)(=O)c3ccccc3)ccc2O1. The van der Waals surface area contributed by atoms with Gasteiger partial charge in [0.1, 0.15) is 5.75 Å². The van der Waals surface area contributed by atoms with Crippen molar-refractivity contribution in [1.29, 1.82) is 0 Å². The van der Waals surface area contributed by atoms with Gasteiger partial charge in [-0.25, -0.2) is 8.42 Å². The van der Waals surface area contributed by atoms with Gasteiger partial charge in [-0.2, -0.15) is 0 Å². The third-order valence-corrected chi connectivity index (χ3v) is 6.54. The Morgan fingerprint density at radius 1 is 1.00 bits per heavy atom. The Labute approximate surface area is 147 Å². The maximum Gasteiger partial charge on any atom is 0.225 e. The van der Waals surface area contributed by atoms with Crippen molar-refractivity contribution in [2.75, 3.05) is 6.54 Å². The molecule has 2 aromatic carbocycles. The lowest BCUT2D eigenvalue weighted by Crippen LogP contribution is -2.42. The third kappa shape index (κ3) is 2.91. The Balaban J connectivity index is 1.61. The molecule has 1 fully saturated rings. The largest absolute Gasteiger partial charge is 0.470 e. The zero-order valence-corrected chi connectivity index (χ0v) is 14.5. The first-order valence-corrected chi connectivity index (χ1v) is 9.93. The van der Waals surface area contributed by atoms with E-state index in [0.717, 1.165) is 18.5 Å². The van der Waals surface area contributed by atoms with E-state index in [1.807, 2.05) is 0 Å². The molecule has 25 heavy (non-hydrogen) atoms. The average Bonchev–Trinajstić information content (AvgIpc) is 3.07. The number of hydrogen-bond donors (Lipinski definition) is 0. The van der Waals surface area contributed by atoms with Gasteiger partial charge in [0.2, 0.25) is 15.7 Å². The molecule has 2 aliphatic rings. The van der Waals surface area contributed by atoms with Crippen LogP contribution in [0.1, 0.15) is 24.8 Å². The number of fused-ring (bicyclic) bond motifs is 1. The van der Waals surface area contributed by atoms with Crippen molar-refractivity contribution < 1.29 is 17.9 Å². The Hall–Kier alpha value is -2.34. The highest BCUT2D eigenvalue weighted by molar-refractivity contribution is 7.91. The Bertz CT molecular complexity index is 908. The molecule has 2 aliphatic heterocycles. The van der Waals surface area contributed by atoms with Gasteiger partial charge in [0.05, 0.1) is 9.79 Å². The summed E-state index contributed by atoms with van der Waals surface area (Å²) in [6, 6.07) is 13.4. The molecule has 2 aromatic rings. The summed E-state index contributed by atoms with van der Waals surface area (Å²) in [6.07, 6.45) is 2.61. The minimum Gasteiger partial charge on any atom is -0.470 e. The van der Waals surface area contributed by atoms with Gasteiger partial charge in [0.25, 0.3) is 0 Å². The van der Waals surface area contributed by atoms with Crippen molar-refractivity contribution in [2.24, 2.45) is 0 Å². The van der Waals surface area contributed by atoms with Crippen LogP contribution in [0, 0.1) is 0 Å². The van der Waals surface area contributed by atoms with E-state index < -0.39 is 9.84 Å². The number of likely N-dealkylation sites (tertiary alicyclic amines) is 1. The highest BCUT2D eigenvalue weighted by Gasteiger charge is 2.32. The number of sulfone groups is 1. The molecule has 0 aliphatic carbocycles. The van der Waals surface area contributed by atoms with Crippen LogP contribution in [0.15, 0.2) is 58.3 Å². The van der Waals surface area contributed by atoms with Crippen molar-refractivity contribution in [3.63, 3.8) is 0 Å². The van der Waals surface area contributed by atoms with Crippen molar-refractivity contribution in [1.82, 2.24) is 4.90 Å². The molecule has 1 saturated heterocycles. The van der Waals surface area contributed by atoms with Crippen molar-refractivity contribution in [3.05, 3.63) is 54.1 Å². The highest BCUT2D eigenvalue weighted by Crippen LogP contribution is 2.33. The van der Waals surface area contributed by atoms with E-state index in [0.29, 0.717) is 25.0 Å². The first kappa shape index (κ1) is 16.1. The molecule has 0 spiro atoms. The number of hydrogen-bond acceptors (Lipinski definition) is 4. The van der Waals surface area contributed by atoms with Crippen molar-refractivity contribution in [2.45, 2.75) is 41.7 Å². The van der Waals surface area contributed by atoms with Gasteiger partial charge in [-0.1, -0.05) is 18.2 Å². The maximum atomic E-state index is 12.7. The number of amides is 1. The Morgan fingerprint density at radius 3 is 2.52 bits per heavy atom. The van der Waals surface area contributed by atoms with E-state index in [-0.39, 0.29) is 21.9 Å². The van der Waals surface area contributed by atoms with Crippen LogP contribution in [-0.4, -0.2) is 32.0 Å². The lowest BCUT2D eigenvalue weighted by molar-refractivity contribution is -0.135. The smallest absolute Gasteiger partial charge is 0.225 e. The zero-order valence-electron chi connectivity index (χ0n) is 13.7. The van der Waals surface area contributed by atoms with Crippen molar-refractivity contribution in [3.8, 4) is 5.75 Å². The molecule has 5 nitrogen and oxygen atoms in total. The summed E-state index contributed by atoms with van der Waals surface area (Å²) in [6.45, 7) is 0.735. The Kier molecular flexibility index (Phi) is 4.00. The molecule has 0 radical (unpaired) electrons. The van der Waals surface area contributed by atoms with Crippen LogP contribution in [0.5, 0.6) is 5.75 Å². The van der Waals surface area contributed by atoms with E-state index in [1.54, 1.807) is 53.4 Å². The fraction of sp³-hybridized carbons (Fsp3) is 0.316. The summed E-state index contributed by atoms with van der Waals surface area (Å²) in [7, 11) is -3.53. The van der Waals surface area contributed by atoms with Gasteiger partial charge in [-0.3, -0.25) is 4.79 Å². The summed E-state index contributed by atoms with van der Waals surface area (Å²) >= 11 is 0. The number of nitrogens with zero attached hydrogens (tertiary/aromatic N) is 1. The summed E-state index contributed by atoms with van der Waals surface area (Å²) < 4.78 is 31.5. The van der Waals surface area contributed by atoms with Crippen LogP contribution < -0.4 is 4.74 Å². The minimum absolute atomic E-state index is 0.136. The zero-order chi connectivity index (χ0) is 17.4. The number of ether oxygens (including phenoxy) is 1. The van der Waals surface area contributed by atoms with E-state index in [1.165, 1.54) is 0 Å². The number of benzene rings is 2. The highest BCUT2D eigenvalue weighted by atomic mass is 32.2. The Morgan fingerprint density at radius 2 is 1.80 bits per heavy atom. The van der Waals surface area contributed by atoms with Gasteiger partial charge in [-0.15, -0.1) is 0 Å². The molecule has 1 unspecified atom stereocenters. The van der Waals surface area contributed by atoms with E-state index >= 15 is 0 Å². The molecule has 4 rings (SSSR count). The molecule has 6 heteroatoms. The lowest BCUT2D eigenvalue weighted by atomic mass is 10.0. The number of aryl methyl sites for hydroxylation is 1. The minimum atomic E-state index is -3.53. The first-order chi connectivity index (χ1) is 12.1. The second kappa shape index (κ2) is 6.19. The van der Waals surface area contributed by atoms with E-state index in [4.69, 9.17) is 4.74 Å². The van der Waals surface area contributed by atoms with E-state index in [2.05, 4.69) is 0 Å². The van der Waals surface area contributed by atoms with Crippen LogP contribution in [-0.2, 0) is 21.1 Å². The third-order valence-electron chi connectivity index (χ3n) is 4.78. The molecule has 1 atom stereocenters. The molecular formula is C19H19NO4S. The molecule has 0 bridgehead atoms. The fourth-order valence-corrected chi connectivity index (χ4v) is 4.78. The second-order valence-electron chi connectivity index (χ2n) is 6.39. The van der Waals surface area contributed by atoms with Gasteiger partial charge in [0, 0.05) is 19.4 Å². The van der Waals surface area contributed by atoms with Gasteiger partial charge in [-0.05, 0) is 48.7 Å². The van der Waals surface area contributed by atoms with Gasteiger partial charge >= 0.3 is 0 Å². The quantitative estimate of drug-likeness (QED) is 0.847. The van der Waals surface area contributed by atoms with Crippen molar-refractivity contribution >= 4 is 15.7 Å². The topological polar surface area (TPSA) is 63.7 Å². The summed E-state index contributed by atoms with van der Waals surface area (Å²) in [4.78, 5) is 14.2. The molecule has 130 valence electrons. The molecule has 0 aromatic heterocycles. The van der Waals surface area contributed by atoms with Gasteiger partial charge < -0.3 is 9.64 Å². The standard InChI is InChI=1S/C19H19NO4S/c21-18-7-4-12-20(18)19-11-8-14-13-16(9-10-17(14)24-19)25(22,23)15-5-2-1-3-6-15/h1-3,5-6,9-10,13,19H,4,7-8,11-12H2. The van der Waals surface area contributed by atoms with Gasteiger partial charge in [0.15, 0.2) is 6.23 Å². The molecule has 1 amide bonds. The monoisotopic (exact) mass is 357 g/mol. The van der Waals surface area contributed by atoms with E-state index in [9.17, 15) is 13.2 Å². The van der Waals surface area contributed by atoms with Crippen LogP contribution in [0.4, 0.5) is 0 Å². The number of carbonyl (C=O) groups excluding carboxylic acids is 1. The summed E-state index contributed by atoms with van der Waals surface area (Å²) in [5.74, 6) is 0.805. The van der Waals surface area contributed by atoms with Crippen LogP contribution in [0.3, 0.4) is 0 Å². The maximum absolute atomic E-state index is 12.7. The second-order valence-corrected chi connectivity index (χ2v) is 8.34. The molecule has 0 saturated carbocycles. The summed E-state index contributed by atoms with van der Waals surface area (Å²) in [5.41, 5.74) is 0.875. The lowest BCUT2D eigenvalue weighted by Gasteiger charge is -2.32. The molecule has 0 N–H and O–H groups in total. The molecule has 2 heterocycles. The van der Waals surface area contributed by atoms with Crippen LogP contribution in [0.2, 0.25) is 0 Å². The normalized spacial score (nSPS) is 20.2. The first-order valence-electron chi connectivity index (χ1n) is 8.45. The predicted octanol–water partition coefficient (Wildman–Crippen LogP) is 2.79. The van der Waals surface area contributed by atoms with Crippen LogP contribution in [0.25, 0.3) is 0 Å². The average molecular weight is 357 g/mol. The number of carbonyl (C=O) groups is 1. The fourth-order valence-electron chi connectivity index (χ4n) is 3.45. The molecular weight excluding hydrogens is 338 g/mol. The summed E-state index contributed by atoms with van der Waals surface area (Å²) in [5, 5.41) is 0. The van der Waals surface area contributed by atoms with Crippen LogP contribution >= 0.6 is 0 Å². The number of rotatable bonds is 3.